The highest BCUT2D eigenvalue weighted by Gasteiger charge is 2.19. The third-order valence-corrected chi connectivity index (χ3v) is 4.90. The lowest BCUT2D eigenvalue weighted by Crippen LogP contribution is -2.07. The molecule has 0 unspecified atom stereocenters. The molecule has 0 aliphatic heterocycles. The van der Waals surface area contributed by atoms with E-state index in [2.05, 4.69) is 10.1 Å². The highest BCUT2D eigenvalue weighted by atomic mass is 32.2. The van der Waals surface area contributed by atoms with Gasteiger partial charge in [-0.25, -0.2) is 12.8 Å². The van der Waals surface area contributed by atoms with Gasteiger partial charge in [-0.05, 0) is 24.6 Å². The van der Waals surface area contributed by atoms with Crippen LogP contribution in [0.4, 0.5) is 4.39 Å². The summed E-state index contributed by atoms with van der Waals surface area (Å²) in [6.07, 6.45) is 0. The summed E-state index contributed by atoms with van der Waals surface area (Å²) in [6, 6.07) is 4.56. The third-order valence-electron chi connectivity index (χ3n) is 3.32. The maximum atomic E-state index is 13.7. The van der Waals surface area contributed by atoms with Crippen molar-refractivity contribution >= 4 is 20.8 Å². The monoisotopic (exact) mass is 324 g/mol. The van der Waals surface area contributed by atoms with Crippen molar-refractivity contribution in [2.75, 3.05) is 5.75 Å². The fraction of sp³-hybridized carbons (Fsp3) is 0.286. The number of aryl methyl sites for hydroxylation is 1. The van der Waals surface area contributed by atoms with Crippen LogP contribution < -0.4 is 0 Å². The van der Waals surface area contributed by atoms with Gasteiger partial charge in [0.15, 0.2) is 32.8 Å². The molecule has 8 heteroatoms. The topological polar surface area (TPSA) is 86.2 Å². The van der Waals surface area contributed by atoms with Crippen molar-refractivity contribution in [2.24, 2.45) is 0 Å². The molecule has 0 radical (unpaired) electrons. The lowest BCUT2D eigenvalue weighted by Gasteiger charge is -1.94. The Morgan fingerprint density at radius 3 is 2.77 bits per heavy atom. The first-order valence-corrected chi connectivity index (χ1v) is 8.44. The number of halogens is 1. The molecule has 1 aromatic carbocycles. The van der Waals surface area contributed by atoms with Gasteiger partial charge in [0.05, 0.1) is 0 Å². The summed E-state index contributed by atoms with van der Waals surface area (Å²) in [5.74, 6) is -0.520. The van der Waals surface area contributed by atoms with E-state index >= 15 is 0 Å². The van der Waals surface area contributed by atoms with Gasteiger partial charge in [-0.1, -0.05) is 18.1 Å². The Balaban J connectivity index is 2.00. The number of rotatable bonds is 4. The molecule has 2 aromatic heterocycles. The molecule has 0 N–H and O–H groups in total. The second kappa shape index (κ2) is 5.20. The molecule has 0 bridgehead atoms. The zero-order valence-corrected chi connectivity index (χ0v) is 12.8. The zero-order chi connectivity index (χ0) is 15.9. The highest BCUT2D eigenvalue weighted by molar-refractivity contribution is 7.90. The van der Waals surface area contributed by atoms with E-state index in [1.807, 2.05) is 6.92 Å². The van der Waals surface area contributed by atoms with Crippen molar-refractivity contribution in [3.63, 3.8) is 0 Å². The third kappa shape index (κ3) is 2.61. The van der Waals surface area contributed by atoms with Crippen LogP contribution in [0.25, 0.3) is 22.6 Å². The summed E-state index contributed by atoms with van der Waals surface area (Å²) < 4.78 is 47.3. The number of hydrogen-bond acceptors (Lipinski definition) is 6. The van der Waals surface area contributed by atoms with Crippen LogP contribution in [0, 0.1) is 12.7 Å². The normalized spacial score (nSPS) is 12.1. The van der Waals surface area contributed by atoms with Crippen molar-refractivity contribution < 1.29 is 21.7 Å². The van der Waals surface area contributed by atoms with Crippen LogP contribution in [-0.2, 0) is 15.6 Å². The fourth-order valence-electron chi connectivity index (χ4n) is 2.04. The Hall–Kier alpha value is -2.22. The molecule has 0 saturated heterocycles. The molecule has 2 heterocycles. The number of nitrogens with zero attached hydrogens (tertiary/aromatic N) is 2. The number of benzene rings is 1. The number of sulfone groups is 1. The molecule has 0 saturated carbocycles. The van der Waals surface area contributed by atoms with Crippen LogP contribution in [0.3, 0.4) is 0 Å². The molecule has 3 aromatic rings. The molecule has 0 spiro atoms. The number of furan rings is 1. The SMILES string of the molecule is CCS(=O)(=O)Cc1noc(-c2cc3c(C)ccc(F)c3o2)n1. The molecular weight excluding hydrogens is 311 g/mol. The van der Waals surface area contributed by atoms with Gasteiger partial charge in [0.25, 0.3) is 5.89 Å². The number of fused-ring (bicyclic) bond motifs is 1. The maximum Gasteiger partial charge on any atom is 0.293 e. The molecule has 3 rings (SSSR count). The van der Waals surface area contributed by atoms with Crippen molar-refractivity contribution in [3.05, 3.63) is 35.4 Å². The van der Waals surface area contributed by atoms with Crippen LogP contribution in [0.15, 0.2) is 27.1 Å². The first-order chi connectivity index (χ1) is 10.4. The van der Waals surface area contributed by atoms with Gasteiger partial charge in [0, 0.05) is 11.1 Å². The van der Waals surface area contributed by atoms with Gasteiger partial charge in [0.1, 0.15) is 5.75 Å². The van der Waals surface area contributed by atoms with E-state index in [1.165, 1.54) is 6.07 Å². The Bertz CT molecular complexity index is 904. The minimum atomic E-state index is -3.26. The number of hydrogen-bond donors (Lipinski definition) is 0. The lowest BCUT2D eigenvalue weighted by molar-refractivity contribution is 0.412. The Morgan fingerprint density at radius 2 is 2.09 bits per heavy atom. The van der Waals surface area contributed by atoms with Gasteiger partial charge < -0.3 is 8.94 Å². The molecule has 6 nitrogen and oxygen atoms in total. The minimum absolute atomic E-state index is 0.00802. The van der Waals surface area contributed by atoms with E-state index in [0.29, 0.717) is 5.39 Å². The van der Waals surface area contributed by atoms with Gasteiger partial charge >= 0.3 is 0 Å². The summed E-state index contributed by atoms with van der Waals surface area (Å²) >= 11 is 0. The van der Waals surface area contributed by atoms with Crippen molar-refractivity contribution in [1.82, 2.24) is 10.1 Å². The maximum absolute atomic E-state index is 13.7. The largest absolute Gasteiger partial charge is 0.448 e. The first-order valence-electron chi connectivity index (χ1n) is 6.61. The van der Waals surface area contributed by atoms with E-state index in [9.17, 15) is 12.8 Å². The van der Waals surface area contributed by atoms with Crippen LogP contribution in [-0.4, -0.2) is 24.3 Å². The predicted molar refractivity (Wildman–Crippen MR) is 77.4 cm³/mol. The molecule has 22 heavy (non-hydrogen) atoms. The summed E-state index contributed by atoms with van der Waals surface area (Å²) in [4.78, 5) is 4.00. The molecule has 0 fully saturated rings. The Morgan fingerprint density at radius 1 is 1.32 bits per heavy atom. The van der Waals surface area contributed by atoms with Crippen molar-refractivity contribution in [3.8, 4) is 11.7 Å². The van der Waals surface area contributed by atoms with E-state index in [1.54, 1.807) is 19.1 Å². The second-order valence-corrected chi connectivity index (χ2v) is 7.26. The van der Waals surface area contributed by atoms with E-state index in [-0.39, 0.29) is 34.6 Å². The molecule has 0 aliphatic rings. The smallest absolute Gasteiger partial charge is 0.293 e. The Labute approximate surface area is 125 Å². The van der Waals surface area contributed by atoms with Crippen molar-refractivity contribution in [1.29, 1.82) is 0 Å². The molecule has 116 valence electrons. The van der Waals surface area contributed by atoms with Crippen LogP contribution in [0.5, 0.6) is 0 Å². The van der Waals surface area contributed by atoms with Gasteiger partial charge in [0.2, 0.25) is 0 Å². The van der Waals surface area contributed by atoms with Gasteiger partial charge in [-0.2, -0.15) is 4.98 Å². The first kappa shape index (κ1) is 14.7. The summed E-state index contributed by atoms with van der Waals surface area (Å²) in [7, 11) is -3.26. The van der Waals surface area contributed by atoms with Gasteiger partial charge in [-0.3, -0.25) is 0 Å². The molecule has 0 atom stereocenters. The lowest BCUT2D eigenvalue weighted by atomic mass is 10.1. The molecule has 0 amide bonds. The molecule has 0 aliphatic carbocycles. The number of aromatic nitrogens is 2. The standard InChI is InChI=1S/C14H13FN2O4S/c1-3-22(18,19)7-12-16-14(21-17-12)11-6-9-8(2)4-5-10(15)13(9)20-11/h4-6H,3,7H2,1-2H3. The quantitative estimate of drug-likeness (QED) is 0.733. The predicted octanol–water partition coefficient (Wildman–Crippen LogP) is 2.87. The van der Waals surface area contributed by atoms with Crippen LogP contribution in [0.2, 0.25) is 0 Å². The van der Waals surface area contributed by atoms with Crippen molar-refractivity contribution in [2.45, 2.75) is 19.6 Å². The highest BCUT2D eigenvalue weighted by Crippen LogP contribution is 2.30. The van der Waals surface area contributed by atoms with E-state index < -0.39 is 15.7 Å². The zero-order valence-electron chi connectivity index (χ0n) is 12.0. The van der Waals surface area contributed by atoms with Crippen LogP contribution >= 0.6 is 0 Å². The fourth-order valence-corrected chi connectivity index (χ4v) is 2.76. The van der Waals surface area contributed by atoms with E-state index in [4.69, 9.17) is 8.94 Å². The average Bonchev–Trinajstić information content (AvgIpc) is 3.09. The molecular formula is C14H13FN2O4S. The summed E-state index contributed by atoms with van der Waals surface area (Å²) in [5.41, 5.74) is 0.954. The Kier molecular flexibility index (Phi) is 3.48. The second-order valence-electron chi connectivity index (χ2n) is 4.91. The van der Waals surface area contributed by atoms with Crippen LogP contribution in [0.1, 0.15) is 18.3 Å². The van der Waals surface area contributed by atoms with Gasteiger partial charge in [-0.15, -0.1) is 0 Å². The summed E-state index contributed by atoms with van der Waals surface area (Å²) in [6.45, 7) is 3.37. The average molecular weight is 324 g/mol. The summed E-state index contributed by atoms with van der Waals surface area (Å²) in [5, 5.41) is 4.23. The minimum Gasteiger partial charge on any atom is -0.448 e. The van der Waals surface area contributed by atoms with E-state index in [0.717, 1.165) is 5.56 Å².